The molecule has 2 heterocycles. The molecule has 3 unspecified atom stereocenters. The summed E-state index contributed by atoms with van der Waals surface area (Å²) in [4.78, 5) is 7.23. The smallest absolute Gasteiger partial charge is 0.0705 e. The van der Waals surface area contributed by atoms with Crippen LogP contribution in [0.4, 0.5) is 0 Å². The van der Waals surface area contributed by atoms with Crippen LogP contribution in [0.15, 0.2) is 60.8 Å². The van der Waals surface area contributed by atoms with Crippen molar-refractivity contribution in [3.05, 3.63) is 77.5 Å². The summed E-state index contributed by atoms with van der Waals surface area (Å²) in [6.07, 6.45) is 1.96. The standard InChI is InChI=1S/C23H27N3/c1-16-7-6-8-19(13-16)23(26-15-17(2)25-14-18(26)3)21-11-12-24-22-10-5-4-9-20(21)22/h4-13,17-18,23,25H,14-15H2,1-3H3. The van der Waals surface area contributed by atoms with Crippen molar-refractivity contribution < 1.29 is 0 Å². The minimum Gasteiger partial charge on any atom is -0.311 e. The fourth-order valence-electron chi connectivity index (χ4n) is 4.16. The lowest BCUT2D eigenvalue weighted by atomic mass is 9.91. The maximum Gasteiger partial charge on any atom is 0.0705 e. The van der Waals surface area contributed by atoms with Crippen LogP contribution in [0.2, 0.25) is 0 Å². The quantitative estimate of drug-likeness (QED) is 0.766. The monoisotopic (exact) mass is 345 g/mol. The van der Waals surface area contributed by atoms with E-state index in [1.165, 1.54) is 22.1 Å². The van der Waals surface area contributed by atoms with Crippen LogP contribution in [0.3, 0.4) is 0 Å². The van der Waals surface area contributed by atoms with E-state index >= 15 is 0 Å². The maximum atomic E-state index is 4.58. The van der Waals surface area contributed by atoms with Crippen molar-refractivity contribution in [2.75, 3.05) is 13.1 Å². The minimum absolute atomic E-state index is 0.238. The third-order valence-corrected chi connectivity index (χ3v) is 5.48. The Kier molecular flexibility index (Phi) is 4.75. The molecule has 0 amide bonds. The van der Waals surface area contributed by atoms with E-state index in [4.69, 9.17) is 0 Å². The molecule has 1 aliphatic rings. The van der Waals surface area contributed by atoms with Crippen molar-refractivity contribution in [3.8, 4) is 0 Å². The van der Waals surface area contributed by atoms with E-state index in [1.807, 2.05) is 6.20 Å². The zero-order chi connectivity index (χ0) is 18.1. The van der Waals surface area contributed by atoms with Crippen LogP contribution in [0.1, 0.15) is 36.6 Å². The van der Waals surface area contributed by atoms with Gasteiger partial charge in [-0.3, -0.25) is 9.88 Å². The molecule has 0 aliphatic carbocycles. The molecule has 0 saturated carbocycles. The second kappa shape index (κ2) is 7.18. The third-order valence-electron chi connectivity index (χ3n) is 5.48. The largest absolute Gasteiger partial charge is 0.311 e. The van der Waals surface area contributed by atoms with Gasteiger partial charge in [-0.2, -0.15) is 0 Å². The number of aromatic nitrogens is 1. The highest BCUT2D eigenvalue weighted by atomic mass is 15.2. The van der Waals surface area contributed by atoms with Crippen molar-refractivity contribution in [2.24, 2.45) is 0 Å². The van der Waals surface area contributed by atoms with Gasteiger partial charge >= 0.3 is 0 Å². The van der Waals surface area contributed by atoms with Crippen molar-refractivity contribution >= 4 is 10.9 Å². The SMILES string of the molecule is Cc1cccc(C(c2ccnc3ccccc23)N2CC(C)NCC2C)c1. The Labute approximate surface area is 156 Å². The van der Waals surface area contributed by atoms with E-state index in [1.54, 1.807) is 0 Å². The zero-order valence-corrected chi connectivity index (χ0v) is 15.8. The number of hydrogen-bond donors (Lipinski definition) is 1. The molecule has 1 fully saturated rings. The number of piperazine rings is 1. The molecule has 0 bridgehead atoms. The van der Waals surface area contributed by atoms with E-state index in [9.17, 15) is 0 Å². The van der Waals surface area contributed by atoms with Crippen LogP contribution in [-0.4, -0.2) is 35.1 Å². The number of para-hydroxylation sites is 1. The first-order valence-electron chi connectivity index (χ1n) is 9.53. The number of aryl methyl sites for hydroxylation is 1. The summed E-state index contributed by atoms with van der Waals surface area (Å²) in [6.45, 7) is 8.83. The van der Waals surface area contributed by atoms with E-state index < -0.39 is 0 Å². The second-order valence-corrected chi connectivity index (χ2v) is 7.59. The summed E-state index contributed by atoms with van der Waals surface area (Å²) in [5.41, 5.74) is 5.09. The van der Waals surface area contributed by atoms with Gasteiger partial charge in [0.05, 0.1) is 11.6 Å². The molecule has 2 aromatic carbocycles. The molecular weight excluding hydrogens is 318 g/mol. The van der Waals surface area contributed by atoms with E-state index in [0.717, 1.165) is 18.6 Å². The maximum absolute atomic E-state index is 4.58. The Hall–Kier alpha value is -2.23. The Balaban J connectivity index is 1.90. The molecule has 3 aromatic rings. The molecule has 3 nitrogen and oxygen atoms in total. The van der Waals surface area contributed by atoms with Crippen LogP contribution in [-0.2, 0) is 0 Å². The van der Waals surface area contributed by atoms with Gasteiger partial charge in [-0.15, -0.1) is 0 Å². The van der Waals surface area contributed by atoms with Crippen LogP contribution >= 0.6 is 0 Å². The summed E-state index contributed by atoms with van der Waals surface area (Å²) in [7, 11) is 0. The number of nitrogens with one attached hydrogen (secondary N) is 1. The molecule has 1 aliphatic heterocycles. The lowest BCUT2D eigenvalue weighted by Gasteiger charge is -2.43. The van der Waals surface area contributed by atoms with E-state index in [0.29, 0.717) is 12.1 Å². The molecule has 1 aromatic heterocycles. The highest BCUT2D eigenvalue weighted by Gasteiger charge is 2.31. The minimum atomic E-state index is 0.238. The predicted octanol–water partition coefficient (Wildman–Crippen LogP) is 4.31. The van der Waals surface area contributed by atoms with Crippen molar-refractivity contribution in [3.63, 3.8) is 0 Å². The van der Waals surface area contributed by atoms with Crippen molar-refractivity contribution in [2.45, 2.75) is 38.9 Å². The molecule has 4 rings (SSSR count). The topological polar surface area (TPSA) is 28.2 Å². The summed E-state index contributed by atoms with van der Waals surface area (Å²) in [5, 5.41) is 4.86. The summed E-state index contributed by atoms with van der Waals surface area (Å²) < 4.78 is 0. The van der Waals surface area contributed by atoms with Gasteiger partial charge in [0.2, 0.25) is 0 Å². The molecule has 0 radical (unpaired) electrons. The summed E-state index contributed by atoms with van der Waals surface area (Å²) >= 11 is 0. The number of fused-ring (bicyclic) bond motifs is 1. The number of pyridine rings is 1. The number of rotatable bonds is 3. The van der Waals surface area contributed by atoms with Gasteiger partial charge in [0, 0.05) is 36.8 Å². The average molecular weight is 345 g/mol. The van der Waals surface area contributed by atoms with Crippen molar-refractivity contribution in [1.82, 2.24) is 15.2 Å². The molecule has 134 valence electrons. The molecule has 1 saturated heterocycles. The van der Waals surface area contributed by atoms with Crippen LogP contribution in [0.5, 0.6) is 0 Å². The molecular formula is C23H27N3. The second-order valence-electron chi connectivity index (χ2n) is 7.59. The van der Waals surface area contributed by atoms with Crippen LogP contribution in [0.25, 0.3) is 10.9 Å². The Bertz CT molecular complexity index is 899. The van der Waals surface area contributed by atoms with Crippen LogP contribution < -0.4 is 5.32 Å². The number of hydrogen-bond acceptors (Lipinski definition) is 3. The summed E-state index contributed by atoms with van der Waals surface area (Å²) in [5.74, 6) is 0. The number of nitrogens with zero attached hydrogens (tertiary/aromatic N) is 2. The summed E-state index contributed by atoms with van der Waals surface area (Å²) in [6, 6.07) is 20.9. The highest BCUT2D eigenvalue weighted by molar-refractivity contribution is 5.82. The van der Waals surface area contributed by atoms with Gasteiger partial charge in [-0.1, -0.05) is 48.0 Å². The van der Waals surface area contributed by atoms with Gasteiger partial charge < -0.3 is 5.32 Å². The lowest BCUT2D eigenvalue weighted by Crippen LogP contribution is -2.55. The highest BCUT2D eigenvalue weighted by Crippen LogP contribution is 2.35. The predicted molar refractivity (Wildman–Crippen MR) is 108 cm³/mol. The number of benzene rings is 2. The zero-order valence-electron chi connectivity index (χ0n) is 15.8. The lowest BCUT2D eigenvalue weighted by molar-refractivity contribution is 0.114. The van der Waals surface area contributed by atoms with Gasteiger partial charge in [0.15, 0.2) is 0 Å². The molecule has 3 heteroatoms. The Morgan fingerprint density at radius 2 is 1.92 bits per heavy atom. The van der Waals surface area contributed by atoms with Crippen LogP contribution in [0, 0.1) is 6.92 Å². The Morgan fingerprint density at radius 1 is 1.08 bits per heavy atom. The Morgan fingerprint density at radius 3 is 2.77 bits per heavy atom. The average Bonchev–Trinajstić information content (AvgIpc) is 2.65. The van der Waals surface area contributed by atoms with Gasteiger partial charge in [-0.05, 0) is 44.0 Å². The fourth-order valence-corrected chi connectivity index (χ4v) is 4.16. The van der Waals surface area contributed by atoms with E-state index in [-0.39, 0.29) is 6.04 Å². The first-order chi connectivity index (χ1) is 12.6. The fraction of sp³-hybridized carbons (Fsp3) is 0.348. The molecule has 1 N–H and O–H groups in total. The van der Waals surface area contributed by atoms with Crippen molar-refractivity contribution in [1.29, 1.82) is 0 Å². The normalized spacial score (nSPS) is 22.4. The van der Waals surface area contributed by atoms with E-state index in [2.05, 4.69) is 90.6 Å². The van der Waals surface area contributed by atoms with Gasteiger partial charge in [-0.25, -0.2) is 0 Å². The van der Waals surface area contributed by atoms with Gasteiger partial charge in [0.25, 0.3) is 0 Å². The third kappa shape index (κ3) is 3.25. The first-order valence-corrected chi connectivity index (χ1v) is 9.53. The molecule has 26 heavy (non-hydrogen) atoms. The first kappa shape index (κ1) is 17.2. The van der Waals surface area contributed by atoms with Gasteiger partial charge in [0.1, 0.15) is 0 Å². The molecule has 3 atom stereocenters. The molecule has 0 spiro atoms.